The van der Waals surface area contributed by atoms with Crippen LogP contribution in [0.1, 0.15) is 0 Å². The number of aliphatic hydroxyl groups excluding tert-OH is 8. The number of hydrogen-bond acceptors (Lipinski definition) is 16. The molecule has 0 fully saturated rings. The maximum atomic E-state index is 9.96. The summed E-state index contributed by atoms with van der Waals surface area (Å²) in [6.45, 7) is 0. The Kier molecular flexibility index (Phi) is 22.0. The van der Waals surface area contributed by atoms with Crippen molar-refractivity contribution in [3.63, 3.8) is 0 Å². The first-order valence-electron chi connectivity index (χ1n) is 6.85. The number of hydrogen-bond donors (Lipinski definition) is 8. The van der Waals surface area contributed by atoms with E-state index < -0.39 is 72.7 Å². The van der Waals surface area contributed by atoms with Crippen LogP contribution in [0, 0.1) is 0 Å². The Bertz CT molecular complexity index is 462. The normalized spacial score (nSPS) is 18.1. The van der Waals surface area contributed by atoms with E-state index in [1.165, 1.54) is 0 Å². The van der Waals surface area contributed by atoms with E-state index in [0.717, 1.165) is 0 Å². The Hall–Kier alpha value is 0.0795. The summed E-state index contributed by atoms with van der Waals surface area (Å²) in [7, 11) is 0. The van der Waals surface area contributed by atoms with Crippen LogP contribution in [0.15, 0.2) is 0 Å². The van der Waals surface area contributed by atoms with Gasteiger partial charge in [-0.2, -0.15) is 0 Å². The summed E-state index contributed by atoms with van der Waals surface area (Å²) in [4.78, 5) is 39.8. The first kappa shape index (κ1) is 37.4. The summed E-state index contributed by atoms with van der Waals surface area (Å²) in [5.74, 6) is -8.44. The van der Waals surface area contributed by atoms with Gasteiger partial charge >= 0.3 is 75.5 Å². The molecule has 0 saturated heterocycles. The van der Waals surface area contributed by atoms with Gasteiger partial charge in [-0.3, -0.25) is 0 Å². The average molecular weight is 496 g/mol. The summed E-state index contributed by atoms with van der Waals surface area (Å²) in [5, 5.41) is 109. The van der Waals surface area contributed by atoms with Crippen LogP contribution < -0.4 is 20.4 Å². The largest absolute Gasteiger partial charge is 2.00 e. The molecule has 0 spiro atoms. The van der Waals surface area contributed by atoms with E-state index in [0.29, 0.717) is 0 Å². The molecule has 164 valence electrons. The van der Waals surface area contributed by atoms with E-state index in [1.54, 1.807) is 0 Å². The van der Waals surface area contributed by atoms with Crippen molar-refractivity contribution in [3.8, 4) is 0 Å². The van der Waals surface area contributed by atoms with E-state index in [2.05, 4.69) is 0 Å². The zero-order valence-corrected chi connectivity index (χ0v) is 19.3. The molecule has 0 aromatic rings. The van der Waals surface area contributed by atoms with Gasteiger partial charge < -0.3 is 80.5 Å². The first-order chi connectivity index (χ1) is 12.6. The van der Waals surface area contributed by atoms with Crippen LogP contribution in [0.4, 0.5) is 0 Å². The van der Waals surface area contributed by atoms with E-state index >= 15 is 0 Å². The molecule has 0 unspecified atom stereocenters. The minimum atomic E-state index is -2.50. The second kappa shape index (κ2) is 17.6. The van der Waals surface area contributed by atoms with Crippen molar-refractivity contribution in [2.45, 2.75) is 48.8 Å². The van der Waals surface area contributed by atoms with Gasteiger partial charge in [-0.15, -0.1) is 0 Å². The number of rotatable bonds is 10. The SMILES string of the molecule is O=C([O-])[C@H](O)[C@H](O)[C@H](O)[C@@H](O)C(=O)[O-].O=C([O-])[C@H](O)[C@H](O)[C@H](O)[C@@H](O)C(=O)[O-].[Ca+2].[Ca+2]. The molecule has 0 heterocycles. The number of carboxylic acids is 4. The van der Waals surface area contributed by atoms with Crippen molar-refractivity contribution < 1.29 is 80.5 Å². The van der Waals surface area contributed by atoms with Crippen molar-refractivity contribution in [2.24, 2.45) is 0 Å². The molecular weight excluding hydrogens is 480 g/mol. The summed E-state index contributed by atoms with van der Waals surface area (Å²) in [5.41, 5.74) is 0. The van der Waals surface area contributed by atoms with Crippen molar-refractivity contribution in [1.29, 1.82) is 0 Å². The van der Waals surface area contributed by atoms with E-state index in [1.807, 2.05) is 0 Å². The molecule has 0 aliphatic carbocycles. The van der Waals surface area contributed by atoms with Gasteiger partial charge in [0.2, 0.25) is 0 Å². The van der Waals surface area contributed by atoms with Crippen molar-refractivity contribution >= 4 is 99.4 Å². The fraction of sp³-hybridized carbons (Fsp3) is 0.667. The maximum absolute atomic E-state index is 9.96. The molecule has 0 aliphatic heterocycles. The van der Waals surface area contributed by atoms with Gasteiger partial charge in [0.15, 0.2) is 0 Å². The van der Waals surface area contributed by atoms with Crippen LogP contribution in [-0.4, -0.2) is 189 Å². The van der Waals surface area contributed by atoms with E-state index in [4.69, 9.17) is 40.9 Å². The van der Waals surface area contributed by atoms with E-state index in [9.17, 15) is 39.6 Å². The van der Waals surface area contributed by atoms with E-state index in [-0.39, 0.29) is 75.5 Å². The zero-order valence-electron chi connectivity index (χ0n) is 14.9. The Morgan fingerprint density at radius 2 is 0.500 bits per heavy atom. The Labute approximate surface area is 226 Å². The Balaban J connectivity index is -0.000000211. The van der Waals surface area contributed by atoms with Crippen molar-refractivity contribution in [2.75, 3.05) is 0 Å². The maximum Gasteiger partial charge on any atom is 2.00 e. The van der Waals surface area contributed by atoms with Crippen LogP contribution in [0.5, 0.6) is 0 Å². The van der Waals surface area contributed by atoms with Crippen molar-refractivity contribution in [1.82, 2.24) is 0 Å². The summed E-state index contributed by atoms with van der Waals surface area (Å²) in [6, 6.07) is 0. The summed E-state index contributed by atoms with van der Waals surface area (Å²) >= 11 is 0. The molecule has 30 heavy (non-hydrogen) atoms. The molecule has 0 radical (unpaired) electrons. The quantitative estimate of drug-likeness (QED) is 0.130. The molecule has 8 N–H and O–H groups in total. The van der Waals surface area contributed by atoms with Gasteiger partial charge in [-0.25, -0.2) is 0 Å². The van der Waals surface area contributed by atoms with Gasteiger partial charge in [-0.1, -0.05) is 0 Å². The van der Waals surface area contributed by atoms with Crippen LogP contribution in [0.25, 0.3) is 0 Å². The molecule has 0 aromatic carbocycles. The van der Waals surface area contributed by atoms with Crippen LogP contribution >= 0.6 is 0 Å². The molecule has 0 rings (SSSR count). The molecule has 0 bridgehead atoms. The zero-order chi connectivity index (χ0) is 22.9. The number of aliphatic hydroxyl groups is 8. The van der Waals surface area contributed by atoms with Gasteiger partial charge in [0.1, 0.15) is 48.8 Å². The topological polar surface area (TPSA) is 322 Å². The second-order valence-electron chi connectivity index (χ2n) is 5.02. The standard InChI is InChI=1S/2C6H10O8.2Ca/c2*7-1(3(9)5(11)12)2(8)4(10)6(13)14;;/h2*1-4,7-10H,(H,11,12)(H,13,14);;/q;;2*+2/p-4/t2*1-,2+,3-,4-;;/m11../s1. The molecule has 8 atom stereocenters. The van der Waals surface area contributed by atoms with Crippen LogP contribution in [-0.2, 0) is 19.2 Å². The molecular formula is C12H16Ca2O16. The third-order valence-electron chi connectivity index (χ3n) is 2.96. The molecule has 16 nitrogen and oxygen atoms in total. The summed E-state index contributed by atoms with van der Waals surface area (Å²) < 4.78 is 0. The molecule has 0 saturated carbocycles. The number of aliphatic carboxylic acids is 4. The average Bonchev–Trinajstić information content (AvgIpc) is 2.62. The molecule has 0 aromatic heterocycles. The summed E-state index contributed by atoms with van der Waals surface area (Å²) in [6.07, 6.45) is -19.5. The monoisotopic (exact) mass is 496 g/mol. The Morgan fingerprint density at radius 3 is 0.567 bits per heavy atom. The first-order valence-corrected chi connectivity index (χ1v) is 6.85. The van der Waals surface area contributed by atoms with Gasteiger partial charge in [0.25, 0.3) is 0 Å². The fourth-order valence-corrected chi connectivity index (χ4v) is 1.30. The minimum Gasteiger partial charge on any atom is -0.547 e. The van der Waals surface area contributed by atoms with Crippen molar-refractivity contribution in [3.05, 3.63) is 0 Å². The predicted octanol–water partition coefficient (Wildman–Crippen LogP) is -12.9. The second-order valence-corrected chi connectivity index (χ2v) is 5.02. The number of carbonyl (C=O) groups is 4. The van der Waals surface area contributed by atoms with Gasteiger partial charge in [0.05, 0.1) is 23.9 Å². The van der Waals surface area contributed by atoms with Gasteiger partial charge in [-0.05, 0) is 0 Å². The number of carbonyl (C=O) groups excluding carboxylic acids is 4. The smallest absolute Gasteiger partial charge is 0.547 e. The van der Waals surface area contributed by atoms with Gasteiger partial charge in [0, 0.05) is 0 Å². The third kappa shape index (κ3) is 12.8. The molecule has 0 amide bonds. The Morgan fingerprint density at radius 1 is 0.400 bits per heavy atom. The number of carboxylic acid groups (broad SMARTS) is 4. The minimum absolute atomic E-state index is 0. The molecule has 0 aliphatic rings. The third-order valence-corrected chi connectivity index (χ3v) is 2.96. The molecule has 18 heteroatoms. The van der Waals surface area contributed by atoms with Crippen LogP contribution in [0.3, 0.4) is 0 Å². The van der Waals surface area contributed by atoms with Crippen LogP contribution in [0.2, 0.25) is 0 Å². The fourth-order valence-electron chi connectivity index (χ4n) is 1.30. The predicted molar refractivity (Wildman–Crippen MR) is 79.6 cm³/mol.